The van der Waals surface area contributed by atoms with Crippen LogP contribution in [-0.4, -0.2) is 48.3 Å². The number of amides is 2. The second-order valence-corrected chi connectivity index (χ2v) is 10.5. The van der Waals surface area contributed by atoms with E-state index in [1.807, 2.05) is 0 Å². The predicted molar refractivity (Wildman–Crippen MR) is 152 cm³/mol. The third kappa shape index (κ3) is 27.4. The van der Waals surface area contributed by atoms with Gasteiger partial charge in [0.1, 0.15) is 0 Å². The van der Waals surface area contributed by atoms with Gasteiger partial charge in [-0.3, -0.25) is 9.59 Å². The van der Waals surface area contributed by atoms with Crippen molar-refractivity contribution in [3.05, 3.63) is 0 Å². The molecule has 6 nitrogen and oxygen atoms in total. The van der Waals surface area contributed by atoms with Crippen LogP contribution in [0.3, 0.4) is 0 Å². The maximum atomic E-state index is 11.9. The number of nitrogens with zero attached hydrogens (tertiary/aromatic N) is 1. The molecular formula is C30H61N3O3. The lowest BCUT2D eigenvalue weighted by atomic mass is 10.1. The molecule has 0 atom stereocenters. The fraction of sp³-hybridized carbons (Fsp3) is 0.933. The molecule has 0 saturated carbocycles. The number of hydrogen-bond acceptors (Lipinski definition) is 4. The summed E-state index contributed by atoms with van der Waals surface area (Å²) >= 11 is 0. The van der Waals surface area contributed by atoms with Crippen LogP contribution in [0.2, 0.25) is 0 Å². The van der Waals surface area contributed by atoms with Crippen LogP contribution >= 0.6 is 0 Å². The van der Waals surface area contributed by atoms with Gasteiger partial charge in [0.25, 0.3) is 0 Å². The minimum atomic E-state index is -0.0321. The second-order valence-electron chi connectivity index (χ2n) is 10.5. The van der Waals surface area contributed by atoms with Crippen molar-refractivity contribution in [3.8, 4) is 0 Å². The molecule has 0 bridgehead atoms. The van der Waals surface area contributed by atoms with Crippen LogP contribution < -0.4 is 10.6 Å². The van der Waals surface area contributed by atoms with E-state index >= 15 is 0 Å². The van der Waals surface area contributed by atoms with Crippen molar-refractivity contribution < 1.29 is 14.8 Å². The fourth-order valence-electron chi connectivity index (χ4n) is 4.43. The normalized spacial score (nSPS) is 11.2. The number of hydroxylamine groups is 2. The van der Waals surface area contributed by atoms with E-state index in [9.17, 15) is 14.8 Å². The van der Waals surface area contributed by atoms with E-state index in [2.05, 4.69) is 24.5 Å². The molecule has 0 fully saturated rings. The van der Waals surface area contributed by atoms with Gasteiger partial charge in [-0.2, -0.15) is 5.06 Å². The number of carbonyl (C=O) groups excluding carboxylic acids is 2. The van der Waals surface area contributed by atoms with Crippen LogP contribution in [0.1, 0.15) is 155 Å². The van der Waals surface area contributed by atoms with Crippen LogP contribution in [0.15, 0.2) is 0 Å². The van der Waals surface area contributed by atoms with Crippen molar-refractivity contribution in [1.29, 1.82) is 0 Å². The summed E-state index contributed by atoms with van der Waals surface area (Å²) in [6, 6.07) is 0. The molecule has 0 aromatic carbocycles. The lowest BCUT2D eigenvalue weighted by Crippen LogP contribution is -2.33. The third-order valence-corrected chi connectivity index (χ3v) is 6.90. The van der Waals surface area contributed by atoms with Gasteiger partial charge in [-0.1, -0.05) is 129 Å². The molecule has 0 saturated heterocycles. The molecular weight excluding hydrogens is 450 g/mol. The number of unbranched alkanes of at least 4 members (excludes halogenated alkanes) is 18. The molecule has 0 unspecified atom stereocenters. The smallest absolute Gasteiger partial charge is 0.221 e. The van der Waals surface area contributed by atoms with Crippen LogP contribution in [0.4, 0.5) is 0 Å². The Balaban J connectivity index is 3.42. The maximum Gasteiger partial charge on any atom is 0.221 e. The molecule has 0 aromatic heterocycles. The van der Waals surface area contributed by atoms with Gasteiger partial charge in [0.15, 0.2) is 0 Å². The molecule has 214 valence electrons. The highest BCUT2D eigenvalue weighted by atomic mass is 16.5. The number of rotatable bonds is 28. The molecule has 6 heteroatoms. The standard InChI is InChI=1S/C30H61N3O3/c1-3-5-7-9-11-13-15-17-19-21-25-31-29(34)23-27-33(36)28-24-30(35)32-26-22-20-18-16-14-12-10-8-6-4-2/h36H,3-28H2,1-2H3,(H,31,34)(H,32,35). The fourth-order valence-corrected chi connectivity index (χ4v) is 4.43. The Bertz CT molecular complexity index is 446. The monoisotopic (exact) mass is 511 g/mol. The summed E-state index contributed by atoms with van der Waals surface area (Å²) in [5.74, 6) is -0.0641. The molecule has 0 aliphatic heterocycles. The van der Waals surface area contributed by atoms with Gasteiger partial charge in [-0.15, -0.1) is 0 Å². The summed E-state index contributed by atoms with van der Waals surface area (Å²) in [4.78, 5) is 23.9. The average molecular weight is 512 g/mol. The molecule has 0 aromatic rings. The Kier molecular flexibility index (Phi) is 27.5. The molecule has 3 N–H and O–H groups in total. The van der Waals surface area contributed by atoms with Crippen molar-refractivity contribution in [2.75, 3.05) is 26.2 Å². The van der Waals surface area contributed by atoms with E-state index in [0.29, 0.717) is 13.1 Å². The summed E-state index contributed by atoms with van der Waals surface area (Å²) in [7, 11) is 0. The van der Waals surface area contributed by atoms with Crippen LogP contribution in [-0.2, 0) is 9.59 Å². The van der Waals surface area contributed by atoms with E-state index in [-0.39, 0.29) is 37.7 Å². The lowest BCUT2D eigenvalue weighted by Gasteiger charge is -2.14. The highest BCUT2D eigenvalue weighted by molar-refractivity contribution is 5.76. The van der Waals surface area contributed by atoms with E-state index < -0.39 is 0 Å². The summed E-state index contributed by atoms with van der Waals surface area (Å²) in [6.45, 7) is 6.44. The lowest BCUT2D eigenvalue weighted by molar-refractivity contribution is -0.131. The molecule has 0 radical (unpaired) electrons. The predicted octanol–water partition coefficient (Wildman–Crippen LogP) is 7.53. The van der Waals surface area contributed by atoms with Crippen molar-refractivity contribution >= 4 is 11.8 Å². The Morgan fingerprint density at radius 1 is 0.500 bits per heavy atom. The minimum absolute atomic E-state index is 0.0321. The first-order valence-electron chi connectivity index (χ1n) is 15.6. The first-order valence-corrected chi connectivity index (χ1v) is 15.6. The number of hydrogen-bond donors (Lipinski definition) is 3. The SMILES string of the molecule is CCCCCCCCCCCCNC(=O)CCN(O)CCC(=O)NCCCCCCCCCCCC. The highest BCUT2D eigenvalue weighted by Crippen LogP contribution is 2.11. The zero-order valence-electron chi connectivity index (χ0n) is 24.1. The number of nitrogens with one attached hydrogen (secondary N) is 2. The van der Waals surface area contributed by atoms with Crippen molar-refractivity contribution in [3.63, 3.8) is 0 Å². The quantitative estimate of drug-likeness (QED) is 0.0749. The summed E-state index contributed by atoms with van der Waals surface area (Å²) in [5.41, 5.74) is 0. The topological polar surface area (TPSA) is 81.7 Å². The molecule has 0 heterocycles. The Morgan fingerprint density at radius 3 is 1.08 bits per heavy atom. The third-order valence-electron chi connectivity index (χ3n) is 6.90. The maximum absolute atomic E-state index is 11.9. The van der Waals surface area contributed by atoms with E-state index in [1.165, 1.54) is 103 Å². The van der Waals surface area contributed by atoms with Gasteiger partial charge in [0.2, 0.25) is 11.8 Å². The van der Waals surface area contributed by atoms with E-state index in [1.54, 1.807) is 0 Å². The van der Waals surface area contributed by atoms with Gasteiger partial charge >= 0.3 is 0 Å². The van der Waals surface area contributed by atoms with Gasteiger partial charge in [0.05, 0.1) is 0 Å². The zero-order valence-corrected chi connectivity index (χ0v) is 24.1. The van der Waals surface area contributed by atoms with Crippen molar-refractivity contribution in [2.45, 2.75) is 155 Å². The van der Waals surface area contributed by atoms with Crippen molar-refractivity contribution in [1.82, 2.24) is 15.7 Å². The van der Waals surface area contributed by atoms with Crippen LogP contribution in [0, 0.1) is 0 Å². The molecule has 0 aliphatic carbocycles. The highest BCUT2D eigenvalue weighted by Gasteiger charge is 2.08. The molecule has 0 aliphatic rings. The van der Waals surface area contributed by atoms with Gasteiger partial charge < -0.3 is 15.8 Å². The Morgan fingerprint density at radius 2 is 0.778 bits per heavy atom. The molecule has 0 spiro atoms. The molecule has 2 amide bonds. The van der Waals surface area contributed by atoms with Crippen molar-refractivity contribution in [2.24, 2.45) is 0 Å². The molecule has 0 rings (SSSR count). The summed E-state index contributed by atoms with van der Waals surface area (Å²) in [6.07, 6.45) is 26.2. The van der Waals surface area contributed by atoms with Gasteiger partial charge in [-0.05, 0) is 12.8 Å². The molecule has 36 heavy (non-hydrogen) atoms. The Hall–Kier alpha value is -1.14. The van der Waals surface area contributed by atoms with Crippen LogP contribution in [0.25, 0.3) is 0 Å². The first-order chi connectivity index (χ1) is 17.6. The Labute approximate surface area is 223 Å². The van der Waals surface area contributed by atoms with E-state index in [0.717, 1.165) is 30.7 Å². The van der Waals surface area contributed by atoms with E-state index in [4.69, 9.17) is 0 Å². The van der Waals surface area contributed by atoms with Crippen LogP contribution in [0.5, 0.6) is 0 Å². The van der Waals surface area contributed by atoms with Gasteiger partial charge in [-0.25, -0.2) is 0 Å². The summed E-state index contributed by atoms with van der Waals surface area (Å²) in [5, 5.41) is 16.9. The second kappa shape index (κ2) is 28.4. The zero-order chi connectivity index (χ0) is 26.5. The minimum Gasteiger partial charge on any atom is -0.356 e. The largest absolute Gasteiger partial charge is 0.356 e. The summed E-state index contributed by atoms with van der Waals surface area (Å²) < 4.78 is 0. The average Bonchev–Trinajstić information content (AvgIpc) is 2.88. The first kappa shape index (κ1) is 34.9. The number of carbonyl (C=O) groups is 2. The van der Waals surface area contributed by atoms with Gasteiger partial charge in [0, 0.05) is 39.0 Å².